The molecule has 3 amide bonds. The molecule has 2 rings (SSSR count). The fraction of sp³-hybridized carbons (Fsp3) is 0.667. The molecule has 1 atom stereocenters. The van der Waals surface area contributed by atoms with Crippen molar-refractivity contribution < 1.29 is 9.59 Å². The summed E-state index contributed by atoms with van der Waals surface area (Å²) in [5.41, 5.74) is 0. The second kappa shape index (κ2) is 8.12. The maximum absolute atomic E-state index is 12.4. The lowest BCUT2D eigenvalue weighted by molar-refractivity contribution is -0.121. The molecule has 0 aromatic carbocycles. The summed E-state index contributed by atoms with van der Waals surface area (Å²) in [4.78, 5) is 29.9. The number of likely N-dealkylation sites (tertiary alicyclic amines) is 1. The molecule has 0 bridgehead atoms. The molecule has 1 aliphatic rings. The molecule has 1 fully saturated rings. The van der Waals surface area contributed by atoms with Crippen LogP contribution in [0.15, 0.2) is 11.6 Å². The van der Waals surface area contributed by atoms with E-state index in [0.29, 0.717) is 25.4 Å². The Morgan fingerprint density at radius 3 is 2.73 bits per heavy atom. The first-order valence-corrected chi connectivity index (χ1v) is 8.67. The second-order valence-electron chi connectivity index (χ2n) is 5.59. The van der Waals surface area contributed by atoms with Crippen LogP contribution in [-0.4, -0.2) is 42.0 Å². The SMILES string of the molecule is CC[C@@H](NC(=O)N1CCC(CC(=O)NC)CC1)c1nccs1. The molecule has 0 spiro atoms. The van der Waals surface area contributed by atoms with E-state index in [1.54, 1.807) is 24.6 Å². The van der Waals surface area contributed by atoms with E-state index in [9.17, 15) is 9.59 Å². The molecular formula is C15H24N4O2S. The molecule has 0 unspecified atom stereocenters. The fourth-order valence-corrected chi connectivity index (χ4v) is 3.46. The lowest BCUT2D eigenvalue weighted by Crippen LogP contribution is -2.45. The van der Waals surface area contributed by atoms with Crippen LogP contribution >= 0.6 is 11.3 Å². The standard InChI is InChI=1S/C15H24N4O2S/c1-3-12(14-17-6-9-22-14)18-15(21)19-7-4-11(5-8-19)10-13(20)16-2/h6,9,11-12H,3-5,7-8,10H2,1-2H3,(H,16,20)(H,18,21)/t12-/m1/s1. The largest absolute Gasteiger partial charge is 0.359 e. The van der Waals surface area contributed by atoms with Crippen molar-refractivity contribution in [3.05, 3.63) is 16.6 Å². The molecule has 0 radical (unpaired) electrons. The van der Waals surface area contributed by atoms with Crippen molar-refractivity contribution in [3.63, 3.8) is 0 Å². The number of amides is 3. The van der Waals surface area contributed by atoms with Gasteiger partial charge in [0.1, 0.15) is 5.01 Å². The average Bonchev–Trinajstić information content (AvgIpc) is 3.07. The predicted molar refractivity (Wildman–Crippen MR) is 86.7 cm³/mol. The van der Waals surface area contributed by atoms with E-state index in [1.807, 2.05) is 17.2 Å². The van der Waals surface area contributed by atoms with Gasteiger partial charge in [-0.05, 0) is 25.2 Å². The zero-order valence-electron chi connectivity index (χ0n) is 13.2. The van der Waals surface area contributed by atoms with Crippen molar-refractivity contribution in [1.82, 2.24) is 20.5 Å². The van der Waals surface area contributed by atoms with Crippen LogP contribution in [0, 0.1) is 5.92 Å². The monoisotopic (exact) mass is 324 g/mol. The Hall–Kier alpha value is -1.63. The van der Waals surface area contributed by atoms with Gasteiger partial charge in [-0.3, -0.25) is 4.79 Å². The number of carbonyl (C=O) groups excluding carboxylic acids is 2. The minimum absolute atomic E-state index is 0.0175. The van der Waals surface area contributed by atoms with Gasteiger partial charge >= 0.3 is 6.03 Å². The van der Waals surface area contributed by atoms with Gasteiger partial charge in [0.15, 0.2) is 0 Å². The summed E-state index contributed by atoms with van der Waals surface area (Å²) in [6.07, 6.45) is 4.91. The highest BCUT2D eigenvalue weighted by Crippen LogP contribution is 2.22. The zero-order chi connectivity index (χ0) is 15.9. The molecule has 0 saturated carbocycles. The Balaban J connectivity index is 1.81. The molecule has 7 heteroatoms. The molecule has 2 N–H and O–H groups in total. The van der Waals surface area contributed by atoms with Crippen molar-refractivity contribution in [2.24, 2.45) is 5.92 Å². The third kappa shape index (κ3) is 4.43. The summed E-state index contributed by atoms with van der Waals surface area (Å²) in [5.74, 6) is 0.461. The van der Waals surface area contributed by atoms with Crippen molar-refractivity contribution >= 4 is 23.3 Å². The van der Waals surface area contributed by atoms with Gasteiger partial charge < -0.3 is 15.5 Å². The Morgan fingerprint density at radius 2 is 2.18 bits per heavy atom. The Labute approximate surface area is 135 Å². The van der Waals surface area contributed by atoms with E-state index in [1.165, 1.54) is 0 Å². The minimum Gasteiger partial charge on any atom is -0.359 e. The summed E-state index contributed by atoms with van der Waals surface area (Å²) in [5, 5.41) is 8.59. The molecule has 22 heavy (non-hydrogen) atoms. The van der Waals surface area contributed by atoms with Gasteiger partial charge in [-0.15, -0.1) is 11.3 Å². The molecule has 1 aliphatic heterocycles. The summed E-state index contributed by atoms with van der Waals surface area (Å²) < 4.78 is 0. The Kier molecular flexibility index (Phi) is 6.18. The number of nitrogens with one attached hydrogen (secondary N) is 2. The van der Waals surface area contributed by atoms with Crippen LogP contribution in [-0.2, 0) is 4.79 Å². The summed E-state index contributed by atoms with van der Waals surface area (Å²) in [7, 11) is 1.66. The van der Waals surface area contributed by atoms with Crippen LogP contribution in [0.5, 0.6) is 0 Å². The molecule has 1 aromatic heterocycles. The van der Waals surface area contributed by atoms with Crippen LogP contribution in [0.3, 0.4) is 0 Å². The number of piperidine rings is 1. The lowest BCUT2D eigenvalue weighted by Gasteiger charge is -2.32. The molecule has 6 nitrogen and oxygen atoms in total. The molecule has 2 heterocycles. The minimum atomic E-state index is -0.0274. The summed E-state index contributed by atoms with van der Waals surface area (Å²) in [6, 6.07) is -0.0449. The van der Waals surface area contributed by atoms with Crippen molar-refractivity contribution in [2.75, 3.05) is 20.1 Å². The third-order valence-corrected chi connectivity index (χ3v) is 5.00. The average molecular weight is 324 g/mol. The van der Waals surface area contributed by atoms with Crippen molar-refractivity contribution in [2.45, 2.75) is 38.6 Å². The predicted octanol–water partition coefficient (Wildman–Crippen LogP) is 2.15. The van der Waals surface area contributed by atoms with E-state index in [0.717, 1.165) is 24.3 Å². The number of thiazole rings is 1. The Bertz CT molecular complexity index is 484. The van der Waals surface area contributed by atoms with Crippen LogP contribution in [0.1, 0.15) is 43.7 Å². The number of hydrogen-bond acceptors (Lipinski definition) is 4. The first-order chi connectivity index (χ1) is 10.6. The van der Waals surface area contributed by atoms with Crippen molar-refractivity contribution in [3.8, 4) is 0 Å². The van der Waals surface area contributed by atoms with Crippen molar-refractivity contribution in [1.29, 1.82) is 0 Å². The van der Waals surface area contributed by atoms with E-state index < -0.39 is 0 Å². The number of nitrogens with zero attached hydrogens (tertiary/aromatic N) is 2. The number of aromatic nitrogens is 1. The number of rotatable bonds is 5. The summed E-state index contributed by atoms with van der Waals surface area (Å²) >= 11 is 1.57. The van der Waals surface area contributed by atoms with E-state index >= 15 is 0 Å². The van der Waals surface area contributed by atoms with Gasteiger partial charge in [0.05, 0.1) is 6.04 Å². The highest BCUT2D eigenvalue weighted by Gasteiger charge is 2.25. The van der Waals surface area contributed by atoms with E-state index in [4.69, 9.17) is 0 Å². The van der Waals surface area contributed by atoms with Crippen LogP contribution in [0.25, 0.3) is 0 Å². The van der Waals surface area contributed by atoms with Crippen LogP contribution in [0.4, 0.5) is 4.79 Å². The van der Waals surface area contributed by atoms with Gasteiger partial charge in [0.2, 0.25) is 5.91 Å². The quantitative estimate of drug-likeness (QED) is 0.871. The number of carbonyl (C=O) groups is 2. The molecule has 122 valence electrons. The van der Waals surface area contributed by atoms with Gasteiger partial charge in [-0.25, -0.2) is 9.78 Å². The first-order valence-electron chi connectivity index (χ1n) is 7.79. The normalized spacial score (nSPS) is 17.1. The molecular weight excluding hydrogens is 300 g/mol. The van der Waals surface area contributed by atoms with Gasteiger partial charge in [0, 0.05) is 38.1 Å². The zero-order valence-corrected chi connectivity index (χ0v) is 14.0. The maximum atomic E-state index is 12.4. The second-order valence-corrected chi connectivity index (χ2v) is 6.51. The summed E-state index contributed by atoms with van der Waals surface area (Å²) in [6.45, 7) is 3.46. The van der Waals surface area contributed by atoms with E-state index in [2.05, 4.69) is 15.6 Å². The lowest BCUT2D eigenvalue weighted by atomic mass is 9.93. The molecule has 1 aromatic rings. The van der Waals surface area contributed by atoms with Crippen LogP contribution in [0.2, 0.25) is 0 Å². The highest BCUT2D eigenvalue weighted by molar-refractivity contribution is 7.09. The number of urea groups is 1. The third-order valence-electron chi connectivity index (χ3n) is 4.11. The van der Waals surface area contributed by atoms with Crippen LogP contribution < -0.4 is 10.6 Å². The van der Waals surface area contributed by atoms with Gasteiger partial charge in [0.25, 0.3) is 0 Å². The first kappa shape index (κ1) is 16.7. The Morgan fingerprint density at radius 1 is 1.45 bits per heavy atom. The highest BCUT2D eigenvalue weighted by atomic mass is 32.1. The van der Waals surface area contributed by atoms with Gasteiger partial charge in [-0.2, -0.15) is 0 Å². The van der Waals surface area contributed by atoms with E-state index in [-0.39, 0.29) is 18.0 Å². The van der Waals surface area contributed by atoms with Gasteiger partial charge in [-0.1, -0.05) is 6.92 Å². The maximum Gasteiger partial charge on any atom is 0.317 e. The number of hydrogen-bond donors (Lipinski definition) is 2. The fourth-order valence-electron chi connectivity index (χ4n) is 2.69. The topological polar surface area (TPSA) is 74.3 Å². The molecule has 0 aliphatic carbocycles. The molecule has 1 saturated heterocycles. The smallest absolute Gasteiger partial charge is 0.317 e.